The van der Waals surface area contributed by atoms with Crippen molar-refractivity contribution in [3.63, 3.8) is 0 Å². The van der Waals surface area contributed by atoms with E-state index in [1.165, 1.54) is 0 Å². The van der Waals surface area contributed by atoms with Crippen LogP contribution >= 0.6 is 0 Å². The molecule has 0 fully saturated rings. The topological polar surface area (TPSA) is 42.2 Å². The zero-order valence-electron chi connectivity index (χ0n) is 11.7. The van der Waals surface area contributed by atoms with Gasteiger partial charge >= 0.3 is 0 Å². The summed E-state index contributed by atoms with van der Waals surface area (Å²) in [6, 6.07) is 15.8. The van der Waals surface area contributed by atoms with Gasteiger partial charge in [-0.2, -0.15) is 0 Å². The van der Waals surface area contributed by atoms with Crippen LogP contribution in [0.1, 0.15) is 27.6 Å². The SMILES string of the molecule is Cc1ccc2oc(C(=O)C3CNc4ccccc43)cc2c1. The molecule has 3 heteroatoms. The second-order valence-corrected chi connectivity index (χ2v) is 5.54. The number of fused-ring (bicyclic) bond motifs is 2. The smallest absolute Gasteiger partial charge is 0.207 e. The van der Waals surface area contributed by atoms with Crippen molar-refractivity contribution in [1.82, 2.24) is 0 Å². The van der Waals surface area contributed by atoms with E-state index in [9.17, 15) is 4.79 Å². The van der Waals surface area contributed by atoms with Crippen molar-refractivity contribution in [2.24, 2.45) is 0 Å². The van der Waals surface area contributed by atoms with Gasteiger partial charge in [0.15, 0.2) is 5.76 Å². The Bertz CT molecular complexity index is 847. The molecule has 2 aromatic carbocycles. The molecule has 1 aliphatic rings. The summed E-state index contributed by atoms with van der Waals surface area (Å²) in [4.78, 5) is 12.7. The fourth-order valence-electron chi connectivity index (χ4n) is 2.97. The van der Waals surface area contributed by atoms with E-state index < -0.39 is 0 Å². The van der Waals surface area contributed by atoms with E-state index in [2.05, 4.69) is 5.32 Å². The number of aryl methyl sites for hydroxylation is 1. The number of carbonyl (C=O) groups is 1. The molecule has 0 saturated heterocycles. The lowest BCUT2D eigenvalue weighted by atomic mass is 9.95. The second kappa shape index (κ2) is 4.48. The van der Waals surface area contributed by atoms with Crippen LogP contribution in [0.15, 0.2) is 52.9 Å². The number of para-hydroxylation sites is 1. The second-order valence-electron chi connectivity index (χ2n) is 5.54. The molecule has 2 heterocycles. The van der Waals surface area contributed by atoms with E-state index >= 15 is 0 Å². The third-order valence-corrected chi connectivity index (χ3v) is 4.06. The van der Waals surface area contributed by atoms with Gasteiger partial charge in [0.1, 0.15) is 5.58 Å². The van der Waals surface area contributed by atoms with Crippen molar-refractivity contribution >= 4 is 22.4 Å². The number of carbonyl (C=O) groups excluding carboxylic acids is 1. The Balaban J connectivity index is 1.74. The standard InChI is InChI=1S/C18H15NO2/c1-11-6-7-16-12(8-11)9-17(21-16)18(20)14-10-19-15-5-3-2-4-13(14)15/h2-9,14,19H,10H2,1H3. The molecule has 0 bridgehead atoms. The highest BCUT2D eigenvalue weighted by atomic mass is 16.3. The molecule has 1 aliphatic heterocycles. The first-order chi connectivity index (χ1) is 10.2. The van der Waals surface area contributed by atoms with E-state index in [0.717, 1.165) is 27.8 Å². The Morgan fingerprint density at radius 2 is 2.05 bits per heavy atom. The quantitative estimate of drug-likeness (QED) is 0.716. The minimum Gasteiger partial charge on any atom is -0.453 e. The lowest BCUT2D eigenvalue weighted by Gasteiger charge is -2.06. The van der Waals surface area contributed by atoms with Crippen LogP contribution in [-0.4, -0.2) is 12.3 Å². The maximum atomic E-state index is 12.7. The van der Waals surface area contributed by atoms with E-state index in [-0.39, 0.29) is 11.7 Å². The highest BCUT2D eigenvalue weighted by Crippen LogP contribution is 2.34. The zero-order chi connectivity index (χ0) is 14.4. The summed E-state index contributed by atoms with van der Waals surface area (Å²) in [6.07, 6.45) is 0. The first-order valence-corrected chi connectivity index (χ1v) is 7.09. The summed E-state index contributed by atoms with van der Waals surface area (Å²) in [6.45, 7) is 2.67. The number of nitrogens with one attached hydrogen (secondary N) is 1. The average molecular weight is 277 g/mol. The van der Waals surface area contributed by atoms with Crippen molar-refractivity contribution in [3.05, 3.63) is 65.4 Å². The zero-order valence-corrected chi connectivity index (χ0v) is 11.7. The first-order valence-electron chi connectivity index (χ1n) is 7.09. The minimum absolute atomic E-state index is 0.0429. The van der Waals surface area contributed by atoms with Gasteiger partial charge in [-0.15, -0.1) is 0 Å². The highest BCUT2D eigenvalue weighted by molar-refractivity contribution is 6.03. The Morgan fingerprint density at radius 1 is 1.19 bits per heavy atom. The highest BCUT2D eigenvalue weighted by Gasteiger charge is 2.30. The van der Waals surface area contributed by atoms with Gasteiger partial charge in [-0.25, -0.2) is 0 Å². The molecule has 104 valence electrons. The fourth-order valence-corrected chi connectivity index (χ4v) is 2.97. The van der Waals surface area contributed by atoms with Gasteiger partial charge in [0, 0.05) is 17.6 Å². The molecular weight excluding hydrogens is 262 g/mol. The maximum absolute atomic E-state index is 12.7. The summed E-state index contributed by atoms with van der Waals surface area (Å²) in [5, 5.41) is 4.27. The molecule has 1 aromatic heterocycles. The number of Topliss-reactive ketones (excluding diaryl/α,β-unsaturated/α-hetero) is 1. The molecule has 21 heavy (non-hydrogen) atoms. The molecule has 0 amide bonds. The molecule has 0 saturated carbocycles. The van der Waals surface area contributed by atoms with Crippen LogP contribution in [0.2, 0.25) is 0 Å². The third-order valence-electron chi connectivity index (χ3n) is 4.06. The van der Waals surface area contributed by atoms with E-state index in [4.69, 9.17) is 4.42 Å². The van der Waals surface area contributed by atoms with Crippen molar-refractivity contribution in [3.8, 4) is 0 Å². The number of anilines is 1. The number of benzene rings is 2. The summed E-state index contributed by atoms with van der Waals surface area (Å²) in [5.74, 6) is 0.322. The van der Waals surface area contributed by atoms with Crippen LogP contribution in [0.3, 0.4) is 0 Å². The molecule has 3 aromatic rings. The lowest BCUT2D eigenvalue weighted by molar-refractivity contribution is 0.0941. The van der Waals surface area contributed by atoms with E-state index in [0.29, 0.717) is 12.3 Å². The van der Waals surface area contributed by atoms with Gasteiger partial charge in [-0.05, 0) is 36.8 Å². The predicted octanol–water partition coefficient (Wildman–Crippen LogP) is 4.13. The van der Waals surface area contributed by atoms with Gasteiger partial charge in [-0.3, -0.25) is 4.79 Å². The van der Waals surface area contributed by atoms with Crippen molar-refractivity contribution < 1.29 is 9.21 Å². The number of hydrogen-bond donors (Lipinski definition) is 1. The van der Waals surface area contributed by atoms with Crippen LogP contribution in [0, 0.1) is 6.92 Å². The van der Waals surface area contributed by atoms with Crippen LogP contribution in [0.25, 0.3) is 11.0 Å². The van der Waals surface area contributed by atoms with Crippen molar-refractivity contribution in [1.29, 1.82) is 0 Å². The van der Waals surface area contributed by atoms with Gasteiger partial charge in [0.2, 0.25) is 5.78 Å². The molecule has 1 atom stereocenters. The molecule has 1 unspecified atom stereocenters. The van der Waals surface area contributed by atoms with Crippen LogP contribution in [0.4, 0.5) is 5.69 Å². The number of furan rings is 1. The van der Waals surface area contributed by atoms with Gasteiger partial charge in [0.25, 0.3) is 0 Å². The maximum Gasteiger partial charge on any atom is 0.207 e. The summed E-state index contributed by atoms with van der Waals surface area (Å²) >= 11 is 0. The van der Waals surface area contributed by atoms with E-state index in [1.54, 1.807) is 0 Å². The van der Waals surface area contributed by atoms with Crippen LogP contribution in [-0.2, 0) is 0 Å². The molecule has 4 rings (SSSR count). The van der Waals surface area contributed by atoms with E-state index in [1.807, 2.05) is 55.5 Å². The Labute approximate surface area is 122 Å². The van der Waals surface area contributed by atoms with Crippen molar-refractivity contribution in [2.45, 2.75) is 12.8 Å². The first kappa shape index (κ1) is 12.2. The largest absolute Gasteiger partial charge is 0.453 e. The Hall–Kier alpha value is -2.55. The number of hydrogen-bond acceptors (Lipinski definition) is 3. The third kappa shape index (κ3) is 1.93. The number of rotatable bonds is 2. The molecule has 1 N–H and O–H groups in total. The summed E-state index contributed by atoms with van der Waals surface area (Å²) < 4.78 is 5.73. The lowest BCUT2D eigenvalue weighted by Crippen LogP contribution is -2.14. The molecule has 0 radical (unpaired) electrons. The van der Waals surface area contributed by atoms with Gasteiger partial charge < -0.3 is 9.73 Å². The van der Waals surface area contributed by atoms with Crippen molar-refractivity contribution in [2.75, 3.05) is 11.9 Å². The predicted molar refractivity (Wildman–Crippen MR) is 83.0 cm³/mol. The number of ketones is 1. The Kier molecular flexibility index (Phi) is 2.61. The van der Waals surface area contributed by atoms with Gasteiger partial charge in [-0.1, -0.05) is 29.8 Å². The Morgan fingerprint density at radius 3 is 2.95 bits per heavy atom. The molecule has 0 aliphatic carbocycles. The molecule has 3 nitrogen and oxygen atoms in total. The molecule has 0 spiro atoms. The summed E-state index contributed by atoms with van der Waals surface area (Å²) in [5.41, 5.74) is 4.03. The van der Waals surface area contributed by atoms with Crippen LogP contribution in [0.5, 0.6) is 0 Å². The minimum atomic E-state index is -0.164. The van der Waals surface area contributed by atoms with Gasteiger partial charge in [0.05, 0.1) is 5.92 Å². The normalized spacial score (nSPS) is 16.7. The fraction of sp³-hybridized carbons (Fsp3) is 0.167. The van der Waals surface area contributed by atoms with Crippen LogP contribution < -0.4 is 5.32 Å². The molecular formula is C18H15NO2. The summed E-state index contributed by atoms with van der Waals surface area (Å²) in [7, 11) is 0. The average Bonchev–Trinajstić information content (AvgIpc) is 3.09. The monoisotopic (exact) mass is 277 g/mol.